The molecule has 0 bridgehead atoms. The van der Waals surface area contributed by atoms with Crippen LogP contribution in [0.15, 0.2) is 22.7 Å². The van der Waals surface area contributed by atoms with Gasteiger partial charge < -0.3 is 0 Å². The first-order chi connectivity index (χ1) is 6.65. The molecule has 1 aromatic carbocycles. The molecule has 0 amide bonds. The van der Waals surface area contributed by atoms with Crippen molar-refractivity contribution >= 4 is 21.7 Å². The van der Waals surface area contributed by atoms with Crippen LogP contribution in [-0.2, 0) is 0 Å². The predicted octanol–water partition coefficient (Wildman–Crippen LogP) is 3.07. The first kappa shape index (κ1) is 10.9. The fourth-order valence-corrected chi connectivity index (χ4v) is 1.23. The Kier molecular flexibility index (Phi) is 3.78. The summed E-state index contributed by atoms with van der Waals surface area (Å²) in [6.45, 7) is 0. The molecule has 0 heterocycles. The van der Waals surface area contributed by atoms with Gasteiger partial charge in [0, 0.05) is 18.4 Å². The third kappa shape index (κ3) is 2.64. The summed E-state index contributed by atoms with van der Waals surface area (Å²) in [5, 5.41) is 8.28. The van der Waals surface area contributed by atoms with Gasteiger partial charge in [-0.3, -0.25) is 4.79 Å². The van der Waals surface area contributed by atoms with E-state index in [1.165, 1.54) is 18.2 Å². The molecule has 0 aliphatic heterocycles. The maximum Gasteiger partial charge on any atom is 0.164 e. The summed E-state index contributed by atoms with van der Waals surface area (Å²) in [6.07, 6.45) is 0.300. The monoisotopic (exact) mass is 255 g/mol. The third-order valence-corrected chi connectivity index (χ3v) is 2.35. The quantitative estimate of drug-likeness (QED) is 0.779. The van der Waals surface area contributed by atoms with Crippen molar-refractivity contribution in [1.82, 2.24) is 0 Å². The summed E-state index contributed by atoms with van der Waals surface area (Å²) in [6, 6.07) is 6.06. The molecule has 0 saturated carbocycles. The van der Waals surface area contributed by atoms with Crippen molar-refractivity contribution in [3.8, 4) is 6.07 Å². The second-order valence-corrected chi connectivity index (χ2v) is 3.56. The lowest BCUT2D eigenvalue weighted by Gasteiger charge is -1.99. The Balaban J connectivity index is 2.82. The fourth-order valence-electron chi connectivity index (χ4n) is 0.983. The van der Waals surface area contributed by atoms with Crippen LogP contribution in [0.2, 0.25) is 0 Å². The Morgan fingerprint density at radius 1 is 1.57 bits per heavy atom. The molecular weight excluding hydrogens is 249 g/mol. The topological polar surface area (TPSA) is 40.9 Å². The highest BCUT2D eigenvalue weighted by molar-refractivity contribution is 9.10. The van der Waals surface area contributed by atoms with Gasteiger partial charge in [0.05, 0.1) is 10.5 Å². The number of Topliss-reactive ketones (excluding diaryl/α,β-unsaturated/α-hetero) is 1. The molecule has 0 fully saturated rings. The molecular formula is C10H7BrFNO. The van der Waals surface area contributed by atoms with E-state index in [0.29, 0.717) is 10.0 Å². The minimum Gasteiger partial charge on any atom is -0.294 e. The van der Waals surface area contributed by atoms with Gasteiger partial charge in [0.25, 0.3) is 0 Å². The van der Waals surface area contributed by atoms with Gasteiger partial charge in [-0.05, 0) is 28.1 Å². The average molecular weight is 256 g/mol. The highest BCUT2D eigenvalue weighted by Gasteiger charge is 2.07. The van der Waals surface area contributed by atoms with E-state index in [9.17, 15) is 9.18 Å². The standard InChI is InChI=1S/C10H7BrFNO/c11-8-4-3-7(6-9(8)12)10(14)2-1-5-13/h3-4,6H,1-2H2. The van der Waals surface area contributed by atoms with Crippen LogP contribution < -0.4 is 0 Å². The number of rotatable bonds is 3. The predicted molar refractivity (Wildman–Crippen MR) is 53.3 cm³/mol. The lowest BCUT2D eigenvalue weighted by molar-refractivity contribution is 0.0983. The first-order valence-electron chi connectivity index (χ1n) is 4.00. The van der Waals surface area contributed by atoms with Gasteiger partial charge >= 0.3 is 0 Å². The summed E-state index contributed by atoms with van der Waals surface area (Å²) in [5.41, 5.74) is 0.306. The van der Waals surface area contributed by atoms with Gasteiger partial charge in [-0.2, -0.15) is 5.26 Å². The lowest BCUT2D eigenvalue weighted by atomic mass is 10.1. The Hall–Kier alpha value is -1.21. The fraction of sp³-hybridized carbons (Fsp3) is 0.200. The molecule has 0 radical (unpaired) electrons. The number of hydrogen-bond acceptors (Lipinski definition) is 2. The maximum atomic E-state index is 13.0. The normalized spacial score (nSPS) is 9.50. The van der Waals surface area contributed by atoms with Gasteiger partial charge in [-0.1, -0.05) is 6.07 Å². The minimum atomic E-state index is -0.465. The zero-order chi connectivity index (χ0) is 10.6. The summed E-state index contributed by atoms with van der Waals surface area (Å²) in [4.78, 5) is 11.3. The number of nitriles is 1. The number of nitrogens with zero attached hydrogens (tertiary/aromatic N) is 1. The molecule has 0 unspecified atom stereocenters. The number of carbonyl (C=O) groups is 1. The van der Waals surface area contributed by atoms with Crippen molar-refractivity contribution < 1.29 is 9.18 Å². The van der Waals surface area contributed by atoms with E-state index in [1.54, 1.807) is 0 Å². The summed E-state index contributed by atoms with van der Waals surface area (Å²) < 4.78 is 13.3. The second kappa shape index (κ2) is 4.87. The van der Waals surface area contributed by atoms with E-state index in [0.717, 1.165) is 0 Å². The molecule has 0 aliphatic rings. The van der Waals surface area contributed by atoms with Crippen molar-refractivity contribution in [1.29, 1.82) is 5.26 Å². The Morgan fingerprint density at radius 3 is 2.86 bits per heavy atom. The smallest absolute Gasteiger partial charge is 0.164 e. The lowest BCUT2D eigenvalue weighted by Crippen LogP contribution is -1.98. The third-order valence-electron chi connectivity index (χ3n) is 1.71. The van der Waals surface area contributed by atoms with Crippen molar-refractivity contribution in [2.24, 2.45) is 0 Å². The van der Waals surface area contributed by atoms with Crippen molar-refractivity contribution in [2.45, 2.75) is 12.8 Å². The van der Waals surface area contributed by atoms with Crippen molar-refractivity contribution in [2.75, 3.05) is 0 Å². The molecule has 4 heteroatoms. The van der Waals surface area contributed by atoms with Crippen molar-refractivity contribution in [3.05, 3.63) is 34.1 Å². The zero-order valence-electron chi connectivity index (χ0n) is 7.26. The van der Waals surface area contributed by atoms with E-state index in [-0.39, 0.29) is 18.6 Å². The van der Waals surface area contributed by atoms with E-state index >= 15 is 0 Å². The maximum absolute atomic E-state index is 13.0. The van der Waals surface area contributed by atoms with E-state index in [4.69, 9.17) is 5.26 Å². The molecule has 0 atom stereocenters. The zero-order valence-corrected chi connectivity index (χ0v) is 8.84. The number of hydrogen-bond donors (Lipinski definition) is 0. The largest absolute Gasteiger partial charge is 0.294 e. The van der Waals surface area contributed by atoms with Crippen LogP contribution in [0.4, 0.5) is 4.39 Å². The van der Waals surface area contributed by atoms with Crippen LogP contribution in [0.5, 0.6) is 0 Å². The molecule has 0 aliphatic carbocycles. The molecule has 0 N–H and O–H groups in total. The number of halogens is 2. The molecule has 72 valence electrons. The van der Waals surface area contributed by atoms with Gasteiger partial charge in [0.1, 0.15) is 5.82 Å². The van der Waals surface area contributed by atoms with Gasteiger partial charge in [0.15, 0.2) is 5.78 Å². The molecule has 0 spiro atoms. The minimum absolute atomic E-state index is 0.136. The number of ketones is 1. The SMILES string of the molecule is N#CCCC(=O)c1ccc(Br)c(F)c1. The van der Waals surface area contributed by atoms with Crippen LogP contribution in [-0.4, -0.2) is 5.78 Å². The summed E-state index contributed by atoms with van der Waals surface area (Å²) >= 11 is 2.99. The molecule has 0 saturated heterocycles. The van der Waals surface area contributed by atoms with Crippen LogP contribution in [0, 0.1) is 17.1 Å². The summed E-state index contributed by atoms with van der Waals surface area (Å²) in [5.74, 6) is -0.675. The van der Waals surface area contributed by atoms with Crippen LogP contribution >= 0.6 is 15.9 Å². The average Bonchev–Trinajstić information content (AvgIpc) is 2.18. The Bertz CT molecular complexity index is 398. The van der Waals surface area contributed by atoms with Crippen LogP contribution in [0.3, 0.4) is 0 Å². The molecule has 2 nitrogen and oxygen atoms in total. The highest BCUT2D eigenvalue weighted by Crippen LogP contribution is 2.17. The molecule has 14 heavy (non-hydrogen) atoms. The molecule has 1 rings (SSSR count). The van der Waals surface area contributed by atoms with Gasteiger partial charge in [-0.15, -0.1) is 0 Å². The molecule has 0 aromatic heterocycles. The van der Waals surface area contributed by atoms with Crippen LogP contribution in [0.25, 0.3) is 0 Å². The van der Waals surface area contributed by atoms with Gasteiger partial charge in [-0.25, -0.2) is 4.39 Å². The first-order valence-corrected chi connectivity index (χ1v) is 4.79. The van der Waals surface area contributed by atoms with Crippen molar-refractivity contribution in [3.63, 3.8) is 0 Å². The Labute approximate surface area is 89.5 Å². The van der Waals surface area contributed by atoms with E-state index in [2.05, 4.69) is 15.9 Å². The van der Waals surface area contributed by atoms with Crippen LogP contribution in [0.1, 0.15) is 23.2 Å². The second-order valence-electron chi connectivity index (χ2n) is 2.71. The number of benzene rings is 1. The Morgan fingerprint density at radius 2 is 2.29 bits per heavy atom. The van der Waals surface area contributed by atoms with Gasteiger partial charge in [0.2, 0.25) is 0 Å². The number of carbonyl (C=O) groups excluding carboxylic acids is 1. The summed E-state index contributed by atoms with van der Waals surface area (Å²) in [7, 11) is 0. The highest BCUT2D eigenvalue weighted by atomic mass is 79.9. The van der Waals surface area contributed by atoms with E-state index < -0.39 is 5.82 Å². The van der Waals surface area contributed by atoms with E-state index in [1.807, 2.05) is 6.07 Å². The molecule has 1 aromatic rings.